The molecule has 0 bridgehead atoms. The summed E-state index contributed by atoms with van der Waals surface area (Å²) in [6.45, 7) is -0.0703. The smallest absolute Gasteiger partial charge is 0.312 e. The zero-order valence-electron chi connectivity index (χ0n) is 18.0. The number of rotatable bonds is 7. The molecule has 3 N–H and O–H groups in total. The molecule has 0 spiro atoms. The Balaban J connectivity index is 1.46. The van der Waals surface area contributed by atoms with Gasteiger partial charge in [-0.05, 0) is 29.8 Å². The predicted octanol–water partition coefficient (Wildman–Crippen LogP) is 4.93. The minimum Gasteiger partial charge on any atom is -0.461 e. The monoisotopic (exact) mass is 484 g/mol. The Morgan fingerprint density at radius 1 is 1.15 bits per heavy atom. The molecule has 0 saturated carbocycles. The van der Waals surface area contributed by atoms with E-state index in [1.54, 1.807) is 24.3 Å². The number of halogens is 2. The lowest BCUT2D eigenvalue weighted by Gasteiger charge is -2.28. The van der Waals surface area contributed by atoms with Crippen molar-refractivity contribution in [1.82, 2.24) is 5.32 Å². The van der Waals surface area contributed by atoms with E-state index in [9.17, 15) is 14.0 Å². The van der Waals surface area contributed by atoms with Gasteiger partial charge in [-0.1, -0.05) is 54.1 Å². The number of hydrogen-bond donors (Lipinski definition) is 2. The largest absolute Gasteiger partial charge is 0.461 e. The van der Waals surface area contributed by atoms with E-state index in [1.165, 1.54) is 12.1 Å². The molecule has 176 valence electrons. The van der Waals surface area contributed by atoms with Gasteiger partial charge in [-0.15, -0.1) is 0 Å². The van der Waals surface area contributed by atoms with E-state index < -0.39 is 30.1 Å². The number of nitrogens with one attached hydrogen (secondary N) is 1. The summed E-state index contributed by atoms with van der Waals surface area (Å²) in [6.07, 6.45) is -0.846. The van der Waals surface area contributed by atoms with Gasteiger partial charge in [0.15, 0.2) is 0 Å². The fourth-order valence-electron chi connectivity index (χ4n) is 3.66. The van der Waals surface area contributed by atoms with E-state index in [4.69, 9.17) is 31.5 Å². The van der Waals surface area contributed by atoms with Crippen molar-refractivity contribution in [2.24, 2.45) is 5.73 Å². The molecule has 1 aliphatic heterocycles. The van der Waals surface area contributed by atoms with Crippen molar-refractivity contribution in [3.8, 4) is 5.75 Å². The maximum atomic E-state index is 14.2. The summed E-state index contributed by atoms with van der Waals surface area (Å²) >= 11 is 5.91. The summed E-state index contributed by atoms with van der Waals surface area (Å²) in [6, 6.07) is 17.1. The number of esters is 1. The molecule has 7 nitrogen and oxygen atoms in total. The zero-order chi connectivity index (χ0) is 24.1. The van der Waals surface area contributed by atoms with Gasteiger partial charge in [0.2, 0.25) is 6.29 Å². The average Bonchev–Trinajstić information content (AvgIpc) is 2.82. The fraction of sp³-hybridized carbons (Fsp3) is 0.200. The standard InChI is InChI=1S/C25H22ClFN2O5/c26-19-8-6-15(7-9-19)21(29-25(28)31)12-22(30)32-13-17-10-20(27)11-18-14-33-24(34-23(17)18)16-4-2-1-3-5-16/h1-11,21,24H,12-14H2,(H3,28,29,31)/t21-,24-/m1/s1. The Morgan fingerprint density at radius 2 is 1.88 bits per heavy atom. The van der Waals surface area contributed by atoms with Crippen LogP contribution in [0.25, 0.3) is 0 Å². The Morgan fingerprint density at radius 3 is 2.59 bits per heavy atom. The Kier molecular flexibility index (Phi) is 7.30. The van der Waals surface area contributed by atoms with Crippen LogP contribution in [0, 0.1) is 5.82 Å². The molecule has 2 atom stereocenters. The minimum absolute atomic E-state index is 0.148. The topological polar surface area (TPSA) is 99.9 Å². The second-order valence-electron chi connectivity index (χ2n) is 7.70. The van der Waals surface area contributed by atoms with Gasteiger partial charge in [0.05, 0.1) is 19.1 Å². The number of carbonyl (C=O) groups is 2. The Labute approximate surface area is 200 Å². The molecular weight excluding hydrogens is 463 g/mol. The van der Waals surface area contributed by atoms with Gasteiger partial charge < -0.3 is 25.3 Å². The molecular formula is C25H22ClFN2O5. The van der Waals surface area contributed by atoms with E-state index in [-0.39, 0.29) is 19.6 Å². The van der Waals surface area contributed by atoms with Crippen LogP contribution in [0.15, 0.2) is 66.7 Å². The zero-order valence-corrected chi connectivity index (χ0v) is 18.8. The summed E-state index contributed by atoms with van der Waals surface area (Å²) in [4.78, 5) is 24.0. The number of benzene rings is 3. The van der Waals surface area contributed by atoms with Crippen LogP contribution in [0.4, 0.5) is 9.18 Å². The van der Waals surface area contributed by atoms with Crippen LogP contribution >= 0.6 is 11.6 Å². The number of amides is 2. The van der Waals surface area contributed by atoms with Crippen LogP contribution in [0.2, 0.25) is 5.02 Å². The first-order chi connectivity index (χ1) is 16.4. The van der Waals surface area contributed by atoms with Gasteiger partial charge in [-0.3, -0.25) is 4.79 Å². The van der Waals surface area contributed by atoms with Crippen molar-refractivity contribution in [3.05, 3.63) is 99.8 Å². The van der Waals surface area contributed by atoms with Crippen LogP contribution < -0.4 is 15.8 Å². The van der Waals surface area contributed by atoms with Gasteiger partial charge in [-0.25, -0.2) is 9.18 Å². The van der Waals surface area contributed by atoms with Crippen molar-refractivity contribution in [1.29, 1.82) is 0 Å². The van der Waals surface area contributed by atoms with E-state index in [0.29, 0.717) is 27.5 Å². The molecule has 3 aromatic rings. The van der Waals surface area contributed by atoms with Gasteiger partial charge in [0.25, 0.3) is 0 Å². The molecule has 1 heterocycles. The van der Waals surface area contributed by atoms with Gasteiger partial charge in [-0.2, -0.15) is 0 Å². The third-order valence-corrected chi connectivity index (χ3v) is 5.49. The third-order valence-electron chi connectivity index (χ3n) is 5.24. The molecule has 0 fully saturated rings. The summed E-state index contributed by atoms with van der Waals surface area (Å²) < 4.78 is 31.3. The molecule has 9 heteroatoms. The first-order valence-corrected chi connectivity index (χ1v) is 10.9. The molecule has 4 rings (SSSR count). The average molecular weight is 485 g/mol. The number of fused-ring (bicyclic) bond motifs is 1. The lowest BCUT2D eigenvalue weighted by molar-refractivity contribution is -0.145. The first-order valence-electron chi connectivity index (χ1n) is 10.5. The number of hydrogen-bond acceptors (Lipinski definition) is 5. The normalized spacial score (nSPS) is 15.5. The van der Waals surface area contributed by atoms with Crippen molar-refractivity contribution in [2.45, 2.75) is 32.0 Å². The van der Waals surface area contributed by atoms with E-state index in [2.05, 4.69) is 5.32 Å². The molecule has 0 aromatic heterocycles. The van der Waals surface area contributed by atoms with E-state index >= 15 is 0 Å². The van der Waals surface area contributed by atoms with E-state index in [1.807, 2.05) is 30.3 Å². The lowest BCUT2D eigenvalue weighted by atomic mass is 10.0. The van der Waals surface area contributed by atoms with Crippen molar-refractivity contribution < 1.29 is 28.2 Å². The summed E-state index contributed by atoms with van der Waals surface area (Å²) in [5.41, 5.74) is 7.59. The second kappa shape index (κ2) is 10.5. The molecule has 3 aromatic carbocycles. The van der Waals surface area contributed by atoms with Crippen LogP contribution in [0.3, 0.4) is 0 Å². The van der Waals surface area contributed by atoms with E-state index in [0.717, 1.165) is 5.56 Å². The molecule has 2 amide bonds. The Bertz CT molecular complexity index is 1170. The minimum atomic E-state index is -0.785. The van der Waals surface area contributed by atoms with Crippen molar-refractivity contribution in [3.63, 3.8) is 0 Å². The highest BCUT2D eigenvalue weighted by Crippen LogP contribution is 2.37. The fourth-order valence-corrected chi connectivity index (χ4v) is 3.79. The number of carbonyl (C=O) groups excluding carboxylic acids is 2. The van der Waals surface area contributed by atoms with Crippen LogP contribution in [0.1, 0.15) is 41.0 Å². The van der Waals surface area contributed by atoms with Gasteiger partial charge in [0.1, 0.15) is 18.2 Å². The maximum Gasteiger partial charge on any atom is 0.312 e. The molecule has 0 radical (unpaired) electrons. The summed E-state index contributed by atoms with van der Waals surface area (Å²) in [7, 11) is 0. The first kappa shape index (κ1) is 23.5. The number of nitrogens with two attached hydrogens (primary N) is 1. The molecule has 0 aliphatic carbocycles. The van der Waals surface area contributed by atoms with Crippen LogP contribution in [-0.4, -0.2) is 12.0 Å². The third kappa shape index (κ3) is 5.84. The van der Waals surface area contributed by atoms with Crippen molar-refractivity contribution >= 4 is 23.6 Å². The highest BCUT2D eigenvalue weighted by Gasteiger charge is 2.26. The van der Waals surface area contributed by atoms with Crippen LogP contribution in [0.5, 0.6) is 5.75 Å². The quantitative estimate of drug-likeness (QED) is 0.463. The molecule has 0 saturated heterocycles. The highest BCUT2D eigenvalue weighted by molar-refractivity contribution is 6.30. The predicted molar refractivity (Wildman–Crippen MR) is 122 cm³/mol. The Hall–Kier alpha value is -3.62. The van der Waals surface area contributed by atoms with Gasteiger partial charge >= 0.3 is 12.0 Å². The van der Waals surface area contributed by atoms with Gasteiger partial charge in [0, 0.05) is 21.7 Å². The highest BCUT2D eigenvalue weighted by atomic mass is 35.5. The summed E-state index contributed by atoms with van der Waals surface area (Å²) in [5.74, 6) is -0.693. The maximum absolute atomic E-state index is 14.2. The van der Waals surface area contributed by atoms with Crippen molar-refractivity contribution in [2.75, 3.05) is 0 Å². The SMILES string of the molecule is NC(=O)N[C@H](CC(=O)OCc1cc(F)cc2c1O[C@H](c1ccccc1)OC2)c1ccc(Cl)cc1. The second-order valence-corrected chi connectivity index (χ2v) is 8.14. The lowest BCUT2D eigenvalue weighted by Crippen LogP contribution is -2.34. The number of ether oxygens (including phenoxy) is 3. The molecule has 34 heavy (non-hydrogen) atoms. The number of urea groups is 1. The summed E-state index contributed by atoms with van der Waals surface area (Å²) in [5, 5.41) is 3.03. The number of primary amides is 1. The molecule has 0 unspecified atom stereocenters. The molecule has 1 aliphatic rings. The van der Waals surface area contributed by atoms with Crippen LogP contribution in [-0.2, 0) is 27.5 Å².